The minimum Gasteiger partial charge on any atom is -0.187 e. The van der Waals surface area contributed by atoms with Crippen LogP contribution in [0.2, 0.25) is 0 Å². The average molecular weight is 298 g/mol. The van der Waals surface area contributed by atoms with Gasteiger partial charge in [-0.3, -0.25) is 0 Å². The number of aryl methyl sites for hydroxylation is 1. The average Bonchev–Trinajstić information content (AvgIpc) is 3.06. The number of nitrogens with zero attached hydrogens (tertiary/aromatic N) is 4. The van der Waals surface area contributed by atoms with Crippen molar-refractivity contribution in [1.82, 2.24) is 19.8 Å². The Kier molecular flexibility index (Phi) is 3.03. The Labute approximate surface area is 127 Å². The maximum atomic E-state index is 4.80. The van der Waals surface area contributed by atoms with Crippen LogP contribution in [0.25, 0.3) is 4.96 Å². The first-order valence-corrected chi connectivity index (χ1v) is 8.33. The number of benzene rings is 1. The summed E-state index contributed by atoms with van der Waals surface area (Å²) < 4.78 is 1.94. The van der Waals surface area contributed by atoms with Crippen LogP contribution in [0.15, 0.2) is 24.3 Å². The number of hydrogen-bond acceptors (Lipinski definition) is 4. The van der Waals surface area contributed by atoms with Gasteiger partial charge in [-0.15, -0.1) is 10.2 Å². The predicted octanol–water partition coefficient (Wildman–Crippen LogP) is 3.58. The molecule has 0 saturated heterocycles. The lowest BCUT2D eigenvalue weighted by Crippen LogP contribution is -2.13. The third kappa shape index (κ3) is 2.16. The van der Waals surface area contributed by atoms with E-state index in [1.807, 2.05) is 4.52 Å². The lowest BCUT2D eigenvalue weighted by molar-refractivity contribution is 0.571. The summed E-state index contributed by atoms with van der Waals surface area (Å²) in [5, 5.41) is 14.5. The monoisotopic (exact) mass is 298 g/mol. The fraction of sp³-hybridized carbons (Fsp3) is 0.438. The highest BCUT2D eigenvalue weighted by Crippen LogP contribution is 2.34. The second kappa shape index (κ2) is 4.91. The molecule has 0 N–H and O–H groups in total. The number of aromatic nitrogens is 4. The molecule has 2 aromatic heterocycles. The Balaban J connectivity index is 1.68. The molecule has 4 rings (SSSR count). The summed E-state index contributed by atoms with van der Waals surface area (Å²) in [6.07, 6.45) is 3.42. The highest BCUT2D eigenvalue weighted by molar-refractivity contribution is 7.16. The molecule has 0 radical (unpaired) electrons. The topological polar surface area (TPSA) is 43.1 Å². The van der Waals surface area contributed by atoms with Crippen molar-refractivity contribution in [2.24, 2.45) is 0 Å². The lowest BCUT2D eigenvalue weighted by atomic mass is 9.84. The molecule has 1 atom stereocenters. The van der Waals surface area contributed by atoms with E-state index in [4.69, 9.17) is 5.10 Å². The van der Waals surface area contributed by atoms with Crippen molar-refractivity contribution < 1.29 is 0 Å². The van der Waals surface area contributed by atoms with Crippen molar-refractivity contribution in [3.8, 4) is 0 Å². The highest BCUT2D eigenvalue weighted by atomic mass is 32.1. The third-order valence-electron chi connectivity index (χ3n) is 4.24. The molecule has 4 nitrogen and oxygen atoms in total. The van der Waals surface area contributed by atoms with Crippen LogP contribution in [-0.2, 0) is 12.8 Å². The first kappa shape index (κ1) is 13.0. The van der Waals surface area contributed by atoms with Gasteiger partial charge in [-0.05, 0) is 30.4 Å². The van der Waals surface area contributed by atoms with E-state index in [0.29, 0.717) is 11.8 Å². The van der Waals surface area contributed by atoms with Gasteiger partial charge in [0.2, 0.25) is 4.96 Å². The van der Waals surface area contributed by atoms with E-state index >= 15 is 0 Å². The molecule has 0 saturated carbocycles. The summed E-state index contributed by atoms with van der Waals surface area (Å²) in [7, 11) is 0. The van der Waals surface area contributed by atoms with Crippen molar-refractivity contribution >= 4 is 16.3 Å². The summed E-state index contributed by atoms with van der Waals surface area (Å²) in [5.74, 6) is 1.83. The Hall–Kier alpha value is -1.75. The van der Waals surface area contributed by atoms with Crippen LogP contribution in [-0.4, -0.2) is 19.8 Å². The summed E-state index contributed by atoms with van der Waals surface area (Å²) in [6.45, 7) is 4.26. The van der Waals surface area contributed by atoms with Crippen LogP contribution < -0.4 is 0 Å². The van der Waals surface area contributed by atoms with E-state index in [0.717, 1.165) is 23.6 Å². The Morgan fingerprint density at radius 1 is 1.19 bits per heavy atom. The highest BCUT2D eigenvalue weighted by Gasteiger charge is 2.24. The first-order valence-electron chi connectivity index (χ1n) is 7.51. The molecule has 0 fully saturated rings. The Morgan fingerprint density at radius 2 is 2.00 bits per heavy atom. The zero-order valence-corrected chi connectivity index (χ0v) is 13.1. The largest absolute Gasteiger partial charge is 0.234 e. The SMILES string of the molecule is CC(C)c1nnc2sc([C@H]3CCc4ccccc4C3)nn12. The van der Waals surface area contributed by atoms with E-state index in [1.54, 1.807) is 11.3 Å². The van der Waals surface area contributed by atoms with Gasteiger partial charge in [-0.2, -0.15) is 9.61 Å². The molecular formula is C16H18N4S. The van der Waals surface area contributed by atoms with Gasteiger partial charge in [0.05, 0.1) is 0 Å². The van der Waals surface area contributed by atoms with Gasteiger partial charge in [0.25, 0.3) is 0 Å². The minimum atomic E-state index is 0.349. The molecule has 0 aliphatic heterocycles. The molecular weight excluding hydrogens is 280 g/mol. The standard InChI is InChI=1S/C16H18N4S/c1-10(2)14-17-18-16-20(14)19-15(21-16)13-8-7-11-5-3-4-6-12(11)9-13/h3-6,10,13H,7-9H2,1-2H3/t13-/m0/s1. The molecule has 3 aromatic rings. The number of rotatable bonds is 2. The quantitative estimate of drug-likeness (QED) is 0.726. The van der Waals surface area contributed by atoms with Gasteiger partial charge in [0.15, 0.2) is 5.82 Å². The van der Waals surface area contributed by atoms with Crippen LogP contribution in [0.5, 0.6) is 0 Å². The van der Waals surface area contributed by atoms with Crippen molar-refractivity contribution in [3.63, 3.8) is 0 Å². The molecule has 1 aliphatic carbocycles. The second-order valence-electron chi connectivity index (χ2n) is 6.06. The van der Waals surface area contributed by atoms with Crippen LogP contribution in [0.4, 0.5) is 0 Å². The van der Waals surface area contributed by atoms with Crippen molar-refractivity contribution in [1.29, 1.82) is 0 Å². The summed E-state index contributed by atoms with van der Waals surface area (Å²) in [6, 6.07) is 8.77. The van der Waals surface area contributed by atoms with Gasteiger partial charge in [-0.25, -0.2) is 0 Å². The molecule has 21 heavy (non-hydrogen) atoms. The van der Waals surface area contributed by atoms with E-state index in [2.05, 4.69) is 48.3 Å². The lowest BCUT2D eigenvalue weighted by Gasteiger charge is -2.22. The molecule has 2 heterocycles. The van der Waals surface area contributed by atoms with Gasteiger partial charge >= 0.3 is 0 Å². The van der Waals surface area contributed by atoms with Crippen LogP contribution in [0.3, 0.4) is 0 Å². The summed E-state index contributed by atoms with van der Waals surface area (Å²) in [4.78, 5) is 0.924. The fourth-order valence-corrected chi connectivity index (χ4v) is 4.06. The van der Waals surface area contributed by atoms with Crippen LogP contribution >= 0.6 is 11.3 Å². The maximum Gasteiger partial charge on any atom is 0.234 e. The third-order valence-corrected chi connectivity index (χ3v) is 5.30. The fourth-order valence-electron chi connectivity index (χ4n) is 3.08. The zero-order chi connectivity index (χ0) is 14.4. The Morgan fingerprint density at radius 3 is 2.81 bits per heavy atom. The molecule has 0 spiro atoms. The van der Waals surface area contributed by atoms with Crippen molar-refractivity contribution in [2.45, 2.75) is 44.9 Å². The van der Waals surface area contributed by atoms with Crippen LogP contribution in [0, 0.1) is 0 Å². The van der Waals surface area contributed by atoms with Gasteiger partial charge in [-0.1, -0.05) is 49.4 Å². The Bertz CT molecular complexity index is 787. The summed E-state index contributed by atoms with van der Waals surface area (Å²) >= 11 is 1.69. The first-order chi connectivity index (χ1) is 10.2. The molecule has 108 valence electrons. The van der Waals surface area contributed by atoms with Gasteiger partial charge < -0.3 is 0 Å². The van der Waals surface area contributed by atoms with Crippen LogP contribution in [0.1, 0.15) is 54.1 Å². The number of hydrogen-bond donors (Lipinski definition) is 0. The zero-order valence-electron chi connectivity index (χ0n) is 12.3. The second-order valence-corrected chi connectivity index (χ2v) is 7.04. The molecule has 1 aromatic carbocycles. The molecule has 5 heteroatoms. The van der Waals surface area contributed by atoms with Gasteiger partial charge in [0, 0.05) is 11.8 Å². The van der Waals surface area contributed by atoms with E-state index < -0.39 is 0 Å². The maximum absolute atomic E-state index is 4.80. The normalized spacial score (nSPS) is 18.3. The summed E-state index contributed by atoms with van der Waals surface area (Å²) in [5.41, 5.74) is 2.98. The molecule has 0 amide bonds. The molecule has 0 bridgehead atoms. The van der Waals surface area contributed by atoms with E-state index in [1.165, 1.54) is 22.6 Å². The van der Waals surface area contributed by atoms with E-state index in [-0.39, 0.29) is 0 Å². The molecule has 0 unspecified atom stereocenters. The smallest absolute Gasteiger partial charge is 0.187 e. The van der Waals surface area contributed by atoms with Gasteiger partial charge in [0.1, 0.15) is 5.01 Å². The predicted molar refractivity (Wildman–Crippen MR) is 84.0 cm³/mol. The van der Waals surface area contributed by atoms with Crippen molar-refractivity contribution in [3.05, 3.63) is 46.2 Å². The molecule has 1 aliphatic rings. The van der Waals surface area contributed by atoms with E-state index in [9.17, 15) is 0 Å². The minimum absolute atomic E-state index is 0.349. The number of fused-ring (bicyclic) bond motifs is 2. The van der Waals surface area contributed by atoms with Crippen molar-refractivity contribution in [2.75, 3.05) is 0 Å².